The molecule has 6 atom stereocenters. The van der Waals surface area contributed by atoms with E-state index in [1.165, 1.54) is 180 Å². The average molecular weight is 909 g/mol. The van der Waals surface area contributed by atoms with Crippen LogP contribution in [0.5, 0.6) is 0 Å². The van der Waals surface area contributed by atoms with E-state index in [1.54, 1.807) is 0 Å². The Morgan fingerprint density at radius 2 is 0.919 bits per heavy atom. The lowest BCUT2D eigenvalue weighted by Gasteiger charge is -2.41. The molecule has 1 saturated heterocycles. The van der Waals surface area contributed by atoms with Gasteiger partial charge in [0.25, 0.3) is 0 Å². The maximum atomic E-state index is 12.9. The van der Waals surface area contributed by atoms with Crippen LogP contribution in [0.15, 0.2) is 0 Å². The molecule has 1 rings (SSSR count). The average Bonchev–Trinajstić information content (AvgIpc) is 3.24. The van der Waals surface area contributed by atoms with Crippen molar-refractivity contribution < 1.29 is 56.2 Å². The maximum Gasteiger partial charge on any atom is 0.397 e. The summed E-state index contributed by atoms with van der Waals surface area (Å²) in [6.45, 7) is 4.06. The van der Waals surface area contributed by atoms with Crippen molar-refractivity contribution in [2.45, 2.75) is 282 Å². The third-order valence-electron chi connectivity index (χ3n) is 12.2. The zero-order valence-corrected chi connectivity index (χ0v) is 40.5. The van der Waals surface area contributed by atoms with E-state index in [1.807, 2.05) is 0 Å². The van der Waals surface area contributed by atoms with Crippen molar-refractivity contribution in [1.29, 1.82) is 0 Å². The molecule has 0 aromatic heterocycles. The Hall–Kier alpha value is -0.900. The lowest BCUT2D eigenvalue weighted by atomic mass is 9.99. The first kappa shape index (κ1) is 59.1. The topological polar surface area (TPSA) is 178 Å². The normalized spacial score (nSPS) is 19.9. The van der Waals surface area contributed by atoms with E-state index < -0.39 is 59.8 Å². The summed E-state index contributed by atoms with van der Waals surface area (Å²) >= 11 is 0. The Labute approximate surface area is 379 Å². The Bertz CT molecular complexity index is 1090. The van der Waals surface area contributed by atoms with E-state index in [2.05, 4.69) is 18.0 Å². The van der Waals surface area contributed by atoms with Gasteiger partial charge in [-0.2, -0.15) is 8.42 Å². The van der Waals surface area contributed by atoms with Gasteiger partial charge < -0.3 is 34.3 Å². The van der Waals surface area contributed by atoms with Gasteiger partial charge in [0.1, 0.15) is 30.5 Å². The molecule has 6 unspecified atom stereocenters. The number of ether oxygens (including phenoxy) is 4. The summed E-state index contributed by atoms with van der Waals surface area (Å²) in [5.74, 6) is -0.391. The largest absolute Gasteiger partial charge is 0.457 e. The smallest absolute Gasteiger partial charge is 0.397 e. The summed E-state index contributed by atoms with van der Waals surface area (Å²) in [7, 11) is -5.06. The van der Waals surface area contributed by atoms with E-state index in [-0.39, 0.29) is 19.6 Å². The van der Waals surface area contributed by atoms with Gasteiger partial charge in [0.15, 0.2) is 6.29 Å². The fraction of sp³-hybridized carbons (Fsp3) is 0.980. The minimum atomic E-state index is -5.06. The standard InChI is InChI=1S/C49H96O12S/c1-3-5-7-9-11-13-15-17-19-21-22-23-24-26-28-30-32-34-36-38-45(51)59-43(42-58-49-47(53)48(61-62(54,55)56)46(52)44(40-50)60-49)41-57-39-37-35-33-31-29-27-25-20-18-16-14-12-10-8-6-4-2/h43-44,46-50,52-53H,3-42H2,1-2H3,(H,54,55,56). The molecule has 370 valence electrons. The van der Waals surface area contributed by atoms with E-state index in [4.69, 9.17) is 18.9 Å². The number of carbonyl (C=O) groups excluding carboxylic acids is 1. The highest BCUT2D eigenvalue weighted by Crippen LogP contribution is 2.26. The predicted octanol–water partition coefficient (Wildman–Crippen LogP) is 11.6. The fourth-order valence-corrected chi connectivity index (χ4v) is 8.83. The molecule has 1 aliphatic heterocycles. The number of rotatable bonds is 46. The molecule has 0 radical (unpaired) electrons. The minimum Gasteiger partial charge on any atom is -0.457 e. The van der Waals surface area contributed by atoms with Crippen molar-refractivity contribution in [2.75, 3.05) is 26.4 Å². The third kappa shape index (κ3) is 34.4. The van der Waals surface area contributed by atoms with Gasteiger partial charge in [0.05, 0.1) is 19.8 Å². The number of hydrogen-bond acceptors (Lipinski definition) is 11. The van der Waals surface area contributed by atoms with Gasteiger partial charge in [-0.15, -0.1) is 0 Å². The van der Waals surface area contributed by atoms with Crippen molar-refractivity contribution in [1.82, 2.24) is 0 Å². The molecule has 0 amide bonds. The van der Waals surface area contributed by atoms with Gasteiger partial charge >= 0.3 is 16.4 Å². The number of esters is 1. The maximum absolute atomic E-state index is 12.9. The number of aliphatic hydroxyl groups is 3. The van der Waals surface area contributed by atoms with E-state index >= 15 is 0 Å². The van der Waals surface area contributed by atoms with Crippen molar-refractivity contribution in [3.63, 3.8) is 0 Å². The highest BCUT2D eigenvalue weighted by atomic mass is 32.3. The van der Waals surface area contributed by atoms with Crippen molar-refractivity contribution in [3.05, 3.63) is 0 Å². The monoisotopic (exact) mass is 909 g/mol. The Morgan fingerprint density at radius 3 is 1.29 bits per heavy atom. The van der Waals surface area contributed by atoms with Gasteiger partial charge in [0, 0.05) is 13.0 Å². The second-order valence-corrected chi connectivity index (χ2v) is 19.2. The van der Waals surface area contributed by atoms with Crippen LogP contribution in [0.4, 0.5) is 0 Å². The molecule has 0 spiro atoms. The van der Waals surface area contributed by atoms with Crippen LogP contribution in [0, 0.1) is 0 Å². The molecule has 0 bridgehead atoms. The van der Waals surface area contributed by atoms with Gasteiger partial charge in [-0.1, -0.05) is 226 Å². The molecule has 13 heteroatoms. The highest BCUT2D eigenvalue weighted by molar-refractivity contribution is 7.80. The van der Waals surface area contributed by atoms with E-state index in [0.717, 1.165) is 38.5 Å². The van der Waals surface area contributed by atoms with Gasteiger partial charge in [-0.25, -0.2) is 4.18 Å². The van der Waals surface area contributed by atoms with Crippen molar-refractivity contribution >= 4 is 16.4 Å². The lowest BCUT2D eigenvalue weighted by molar-refractivity contribution is -0.301. The molecule has 1 aliphatic rings. The summed E-state index contributed by atoms with van der Waals surface area (Å²) in [6.07, 6.45) is 35.6. The molecule has 0 saturated carbocycles. The Balaban J connectivity index is 2.34. The Morgan fingerprint density at radius 1 is 0.548 bits per heavy atom. The SMILES string of the molecule is CCCCCCCCCCCCCCCCCCCCCC(=O)OC(COCCCCCCCCCCCCCCCCCC)COC1OC(CO)C(O)C(OS(=O)(=O)O)C1O. The van der Waals surface area contributed by atoms with Gasteiger partial charge in [-0.3, -0.25) is 9.35 Å². The van der Waals surface area contributed by atoms with Crippen molar-refractivity contribution in [3.8, 4) is 0 Å². The fourth-order valence-electron chi connectivity index (χ4n) is 8.32. The summed E-state index contributed by atoms with van der Waals surface area (Å²) in [6, 6.07) is 0. The van der Waals surface area contributed by atoms with Crippen LogP contribution < -0.4 is 0 Å². The number of hydrogen-bond donors (Lipinski definition) is 4. The molecule has 1 fully saturated rings. The highest BCUT2D eigenvalue weighted by Gasteiger charge is 2.48. The Kier molecular flexibility index (Phi) is 39.6. The first-order valence-electron chi connectivity index (χ1n) is 25.8. The van der Waals surface area contributed by atoms with Crippen LogP contribution in [-0.2, 0) is 38.3 Å². The van der Waals surface area contributed by atoms with Crippen molar-refractivity contribution in [2.24, 2.45) is 0 Å². The zero-order valence-electron chi connectivity index (χ0n) is 39.7. The molecular formula is C49H96O12S. The second kappa shape index (κ2) is 41.5. The first-order chi connectivity index (χ1) is 30.1. The number of unbranched alkanes of at least 4 members (excludes halogenated alkanes) is 33. The second-order valence-electron chi connectivity index (χ2n) is 18.1. The summed E-state index contributed by atoms with van der Waals surface area (Å²) in [5, 5.41) is 30.7. The molecule has 1 heterocycles. The zero-order chi connectivity index (χ0) is 45.4. The third-order valence-corrected chi connectivity index (χ3v) is 12.7. The summed E-state index contributed by atoms with van der Waals surface area (Å²) in [5.41, 5.74) is 0. The lowest BCUT2D eigenvalue weighted by Crippen LogP contribution is -2.60. The van der Waals surface area contributed by atoms with E-state index in [9.17, 15) is 33.1 Å². The van der Waals surface area contributed by atoms with Gasteiger partial charge in [-0.05, 0) is 12.8 Å². The van der Waals surface area contributed by atoms with Crippen LogP contribution >= 0.6 is 0 Å². The molecular weight excluding hydrogens is 813 g/mol. The minimum absolute atomic E-state index is 0.0451. The van der Waals surface area contributed by atoms with Crippen LogP contribution in [0.3, 0.4) is 0 Å². The summed E-state index contributed by atoms with van der Waals surface area (Å²) < 4.78 is 59.2. The molecule has 0 aromatic carbocycles. The predicted molar refractivity (Wildman–Crippen MR) is 248 cm³/mol. The van der Waals surface area contributed by atoms with E-state index in [0.29, 0.717) is 13.0 Å². The van der Waals surface area contributed by atoms with Crippen LogP contribution in [0.1, 0.15) is 245 Å². The van der Waals surface area contributed by atoms with Crippen LogP contribution in [-0.4, -0.2) is 97.5 Å². The molecule has 62 heavy (non-hydrogen) atoms. The molecule has 0 aliphatic carbocycles. The molecule has 0 aromatic rings. The number of aliphatic hydroxyl groups excluding tert-OH is 3. The quantitative estimate of drug-likeness (QED) is 0.0258. The van der Waals surface area contributed by atoms with Crippen LogP contribution in [0.2, 0.25) is 0 Å². The van der Waals surface area contributed by atoms with Crippen LogP contribution in [0.25, 0.3) is 0 Å². The number of carbonyl (C=O) groups is 1. The molecule has 4 N–H and O–H groups in total. The molecule has 12 nitrogen and oxygen atoms in total. The summed E-state index contributed by atoms with van der Waals surface area (Å²) in [4.78, 5) is 12.9. The first-order valence-corrected chi connectivity index (χ1v) is 27.2. The van der Waals surface area contributed by atoms with Gasteiger partial charge in [0.2, 0.25) is 0 Å².